The van der Waals surface area contributed by atoms with Gasteiger partial charge in [0, 0.05) is 43.1 Å². The number of carbonyl (C=O) groups is 1. The Bertz CT molecular complexity index is 500. The summed E-state index contributed by atoms with van der Waals surface area (Å²) in [6.45, 7) is 3.60. The third kappa shape index (κ3) is 3.00. The van der Waals surface area contributed by atoms with E-state index in [4.69, 9.17) is 4.74 Å². The fourth-order valence-electron chi connectivity index (χ4n) is 3.62. The van der Waals surface area contributed by atoms with E-state index in [9.17, 15) is 4.79 Å². The Kier molecular flexibility index (Phi) is 3.73. The van der Waals surface area contributed by atoms with Crippen molar-refractivity contribution in [3.05, 3.63) is 22.4 Å². The van der Waals surface area contributed by atoms with Crippen molar-refractivity contribution in [2.24, 2.45) is 11.8 Å². The van der Waals surface area contributed by atoms with E-state index in [1.807, 2.05) is 0 Å². The largest absolute Gasteiger partial charge is 0.377 e. The molecule has 1 amide bonds. The number of nitrogens with zero attached hydrogens (tertiary/aromatic N) is 1. The van der Waals surface area contributed by atoms with Gasteiger partial charge in [0.15, 0.2) is 0 Å². The predicted molar refractivity (Wildman–Crippen MR) is 82.1 cm³/mol. The summed E-state index contributed by atoms with van der Waals surface area (Å²) in [5, 5.41) is 5.31. The van der Waals surface area contributed by atoms with E-state index in [1.165, 1.54) is 4.88 Å². The first kappa shape index (κ1) is 13.7. The van der Waals surface area contributed by atoms with Crippen LogP contribution in [0.4, 0.5) is 0 Å². The number of amides is 1. The van der Waals surface area contributed by atoms with Crippen molar-refractivity contribution in [2.45, 2.75) is 38.0 Å². The predicted octanol–water partition coefficient (Wildman–Crippen LogP) is 1.86. The lowest BCUT2D eigenvalue weighted by Crippen LogP contribution is -2.52. The average Bonchev–Trinajstić information content (AvgIpc) is 2.96. The van der Waals surface area contributed by atoms with Crippen LogP contribution in [0.25, 0.3) is 0 Å². The van der Waals surface area contributed by atoms with Crippen molar-refractivity contribution in [3.63, 3.8) is 0 Å². The second kappa shape index (κ2) is 5.71. The van der Waals surface area contributed by atoms with E-state index < -0.39 is 0 Å². The van der Waals surface area contributed by atoms with Crippen LogP contribution in [0.1, 0.15) is 24.1 Å². The SMILES string of the molecule is O=C(NC1CC1)[C@H]1CN(Cc2cccs2)C[C@H]2OCC[C@@H]12. The Balaban J connectivity index is 1.46. The molecule has 1 saturated carbocycles. The van der Waals surface area contributed by atoms with Crippen molar-refractivity contribution < 1.29 is 9.53 Å². The molecule has 3 atom stereocenters. The first-order valence-electron chi connectivity index (χ1n) is 7.96. The van der Waals surface area contributed by atoms with Crippen LogP contribution in [0.2, 0.25) is 0 Å². The normalized spacial score (nSPS) is 32.9. The number of fused-ring (bicyclic) bond motifs is 1. The van der Waals surface area contributed by atoms with Gasteiger partial charge >= 0.3 is 0 Å². The van der Waals surface area contributed by atoms with Crippen molar-refractivity contribution in [3.8, 4) is 0 Å². The van der Waals surface area contributed by atoms with E-state index in [-0.39, 0.29) is 17.9 Å². The number of carbonyl (C=O) groups excluding carboxylic acids is 1. The Labute approximate surface area is 129 Å². The number of ether oxygens (including phenoxy) is 1. The van der Waals surface area contributed by atoms with Crippen LogP contribution in [0.5, 0.6) is 0 Å². The van der Waals surface area contributed by atoms with Gasteiger partial charge < -0.3 is 10.1 Å². The summed E-state index contributed by atoms with van der Waals surface area (Å²) in [5.74, 6) is 0.782. The van der Waals surface area contributed by atoms with Gasteiger partial charge in [-0.3, -0.25) is 9.69 Å². The highest BCUT2D eigenvalue weighted by molar-refractivity contribution is 7.09. The first-order valence-corrected chi connectivity index (χ1v) is 8.84. The van der Waals surface area contributed by atoms with E-state index in [2.05, 4.69) is 27.7 Å². The second-order valence-corrected chi connectivity index (χ2v) is 7.56. The molecule has 3 aliphatic rings. The fraction of sp³-hybridized carbons (Fsp3) is 0.688. The van der Waals surface area contributed by atoms with Crippen LogP contribution in [0, 0.1) is 11.8 Å². The van der Waals surface area contributed by atoms with E-state index in [1.54, 1.807) is 11.3 Å². The highest BCUT2D eigenvalue weighted by Crippen LogP contribution is 2.35. The molecule has 4 rings (SSSR count). The molecule has 3 fully saturated rings. The number of hydrogen-bond acceptors (Lipinski definition) is 4. The van der Waals surface area contributed by atoms with Gasteiger partial charge in [0.1, 0.15) is 0 Å². The van der Waals surface area contributed by atoms with E-state index >= 15 is 0 Å². The molecule has 4 nitrogen and oxygen atoms in total. The summed E-state index contributed by atoms with van der Waals surface area (Å²) < 4.78 is 5.89. The van der Waals surface area contributed by atoms with Crippen molar-refractivity contribution in [1.82, 2.24) is 10.2 Å². The van der Waals surface area contributed by atoms with Crippen LogP contribution in [-0.2, 0) is 16.1 Å². The summed E-state index contributed by atoms with van der Waals surface area (Å²) >= 11 is 1.79. The monoisotopic (exact) mass is 306 g/mol. The van der Waals surface area contributed by atoms with Gasteiger partial charge in [-0.05, 0) is 30.7 Å². The highest BCUT2D eigenvalue weighted by Gasteiger charge is 2.44. The molecule has 1 aliphatic carbocycles. The molecule has 1 aromatic heterocycles. The number of thiophene rings is 1. The molecular weight excluding hydrogens is 284 g/mol. The summed E-state index contributed by atoms with van der Waals surface area (Å²) in [7, 11) is 0. The summed E-state index contributed by atoms with van der Waals surface area (Å²) in [4.78, 5) is 16.3. The lowest BCUT2D eigenvalue weighted by atomic mass is 9.82. The van der Waals surface area contributed by atoms with Crippen LogP contribution in [-0.4, -0.2) is 42.6 Å². The van der Waals surface area contributed by atoms with Gasteiger partial charge in [0.25, 0.3) is 0 Å². The van der Waals surface area contributed by atoms with Gasteiger partial charge in [0.2, 0.25) is 5.91 Å². The molecule has 1 aromatic rings. The quantitative estimate of drug-likeness (QED) is 0.923. The van der Waals surface area contributed by atoms with Gasteiger partial charge in [-0.1, -0.05) is 6.07 Å². The van der Waals surface area contributed by atoms with E-state index in [0.717, 1.165) is 45.5 Å². The molecule has 2 aliphatic heterocycles. The lowest BCUT2D eigenvalue weighted by Gasteiger charge is -2.39. The zero-order chi connectivity index (χ0) is 14.2. The second-order valence-electron chi connectivity index (χ2n) is 6.52. The van der Waals surface area contributed by atoms with Crippen LogP contribution >= 0.6 is 11.3 Å². The summed E-state index contributed by atoms with van der Waals surface area (Å²) in [5.41, 5.74) is 0. The number of likely N-dealkylation sites (tertiary alicyclic amines) is 1. The highest BCUT2D eigenvalue weighted by atomic mass is 32.1. The molecule has 0 bridgehead atoms. The van der Waals surface area contributed by atoms with Crippen LogP contribution < -0.4 is 5.32 Å². The number of rotatable bonds is 4. The van der Waals surface area contributed by atoms with E-state index in [0.29, 0.717) is 12.0 Å². The maximum absolute atomic E-state index is 12.5. The van der Waals surface area contributed by atoms with Gasteiger partial charge in [-0.25, -0.2) is 0 Å². The maximum atomic E-state index is 12.5. The minimum Gasteiger partial charge on any atom is -0.377 e. The van der Waals surface area contributed by atoms with Crippen LogP contribution in [0.3, 0.4) is 0 Å². The molecule has 0 radical (unpaired) electrons. The molecule has 5 heteroatoms. The van der Waals surface area contributed by atoms with Crippen molar-refractivity contribution >= 4 is 17.2 Å². The maximum Gasteiger partial charge on any atom is 0.225 e. The standard InChI is InChI=1S/C16H22N2O2S/c19-16(17-11-3-4-11)14-9-18(8-12-2-1-7-21-12)10-15-13(14)5-6-20-15/h1-2,7,11,13-15H,3-6,8-10H2,(H,17,19)/t13-,14-,15+/m0/s1. The third-order valence-electron chi connectivity index (χ3n) is 4.89. The topological polar surface area (TPSA) is 41.6 Å². The molecule has 2 saturated heterocycles. The smallest absolute Gasteiger partial charge is 0.225 e. The molecule has 114 valence electrons. The molecule has 1 N–H and O–H groups in total. The zero-order valence-electron chi connectivity index (χ0n) is 12.2. The molecule has 3 heterocycles. The average molecular weight is 306 g/mol. The van der Waals surface area contributed by atoms with Crippen molar-refractivity contribution in [1.29, 1.82) is 0 Å². The lowest BCUT2D eigenvalue weighted by molar-refractivity contribution is -0.131. The molecule has 0 spiro atoms. The number of hydrogen-bond donors (Lipinski definition) is 1. The van der Waals surface area contributed by atoms with Crippen molar-refractivity contribution in [2.75, 3.05) is 19.7 Å². The first-order chi connectivity index (χ1) is 10.3. The Morgan fingerprint density at radius 1 is 1.38 bits per heavy atom. The number of piperidine rings is 1. The Morgan fingerprint density at radius 3 is 3.05 bits per heavy atom. The minimum absolute atomic E-state index is 0.104. The zero-order valence-corrected chi connectivity index (χ0v) is 13.0. The molecular formula is C16H22N2O2S. The summed E-state index contributed by atoms with van der Waals surface area (Å²) in [6.07, 6.45) is 3.60. The fourth-order valence-corrected chi connectivity index (χ4v) is 4.37. The molecule has 0 aromatic carbocycles. The molecule has 0 unspecified atom stereocenters. The Morgan fingerprint density at radius 2 is 2.29 bits per heavy atom. The minimum atomic E-state index is 0.104. The molecule has 21 heavy (non-hydrogen) atoms. The third-order valence-corrected chi connectivity index (χ3v) is 5.75. The number of nitrogens with one attached hydrogen (secondary N) is 1. The Hall–Kier alpha value is -0.910. The van der Waals surface area contributed by atoms with Gasteiger partial charge in [0.05, 0.1) is 12.0 Å². The van der Waals surface area contributed by atoms with Gasteiger partial charge in [-0.2, -0.15) is 0 Å². The van der Waals surface area contributed by atoms with Crippen LogP contribution in [0.15, 0.2) is 17.5 Å². The van der Waals surface area contributed by atoms with Gasteiger partial charge in [-0.15, -0.1) is 11.3 Å². The summed E-state index contributed by atoms with van der Waals surface area (Å²) in [6, 6.07) is 4.72.